The van der Waals surface area contributed by atoms with Crippen LogP contribution in [-0.2, 0) is 20.0 Å². The molecule has 0 unspecified atom stereocenters. The second-order valence-electron chi connectivity index (χ2n) is 4.61. The quantitative estimate of drug-likeness (QED) is 0.750. The van der Waals surface area contributed by atoms with Gasteiger partial charge in [-0.1, -0.05) is 6.07 Å². The molecule has 0 amide bonds. The number of rotatable bonds is 5. The second-order valence-corrected chi connectivity index (χ2v) is 8.50. The summed E-state index contributed by atoms with van der Waals surface area (Å²) in [7, 11) is -5.48. The minimum absolute atomic E-state index is 0.00871. The lowest BCUT2D eigenvalue weighted by molar-refractivity contribution is 0.334. The van der Waals surface area contributed by atoms with Crippen LogP contribution in [0.1, 0.15) is 0 Å². The first kappa shape index (κ1) is 17.2. The van der Waals surface area contributed by atoms with Gasteiger partial charge in [-0.2, -0.15) is 3.71 Å². The lowest BCUT2D eigenvalue weighted by Gasteiger charge is -2.21. The highest BCUT2D eigenvalue weighted by atomic mass is 32.3. The largest absolute Gasteiger partial charge is 0.477 e. The molecule has 0 fully saturated rings. The summed E-state index contributed by atoms with van der Waals surface area (Å²) >= 11 is 0. The van der Waals surface area contributed by atoms with E-state index in [9.17, 15) is 16.8 Å². The minimum atomic E-state index is -4.10. The zero-order chi connectivity index (χ0) is 17.4. The van der Waals surface area contributed by atoms with Gasteiger partial charge in [0, 0.05) is 0 Å². The van der Waals surface area contributed by atoms with Crippen LogP contribution in [0.5, 0.6) is 11.8 Å². The Kier molecular flexibility index (Phi) is 4.35. The van der Waals surface area contributed by atoms with Crippen LogP contribution in [-0.4, -0.2) is 53.5 Å². The molecule has 0 radical (unpaired) electrons. The smallest absolute Gasteiger partial charge is 0.278 e. The van der Waals surface area contributed by atoms with E-state index in [0.717, 1.165) is 12.5 Å². The van der Waals surface area contributed by atoms with E-state index in [0.29, 0.717) is 3.71 Å². The fourth-order valence-electron chi connectivity index (χ4n) is 2.05. The van der Waals surface area contributed by atoms with Crippen LogP contribution in [0.4, 0.5) is 5.69 Å². The number of fused-ring (bicyclic) bond motifs is 1. The summed E-state index contributed by atoms with van der Waals surface area (Å²) in [5.74, 6) is 0.108. The average Bonchev–Trinajstić information content (AvgIpc) is 2.43. The second kappa shape index (κ2) is 5.81. The molecular formula is C12H15N3O6S2. The van der Waals surface area contributed by atoms with Gasteiger partial charge in [0.25, 0.3) is 11.8 Å². The van der Waals surface area contributed by atoms with Crippen molar-refractivity contribution in [3.8, 4) is 11.8 Å². The van der Waals surface area contributed by atoms with E-state index in [1.807, 2.05) is 0 Å². The molecule has 0 spiro atoms. The van der Waals surface area contributed by atoms with E-state index in [-0.39, 0.29) is 28.5 Å². The molecule has 0 aliphatic rings. The zero-order valence-corrected chi connectivity index (χ0v) is 14.5. The van der Waals surface area contributed by atoms with E-state index < -0.39 is 20.0 Å². The summed E-state index contributed by atoms with van der Waals surface area (Å²) < 4.78 is 58.1. The molecule has 11 heteroatoms. The molecule has 0 saturated heterocycles. The Morgan fingerprint density at radius 3 is 1.91 bits per heavy atom. The molecule has 9 nitrogen and oxygen atoms in total. The molecule has 0 N–H and O–H groups in total. The van der Waals surface area contributed by atoms with Gasteiger partial charge in [0.1, 0.15) is 5.52 Å². The number of para-hydroxylation sites is 1. The van der Waals surface area contributed by atoms with Crippen LogP contribution < -0.4 is 13.2 Å². The highest BCUT2D eigenvalue weighted by molar-refractivity contribution is 8.09. The summed E-state index contributed by atoms with van der Waals surface area (Å²) in [4.78, 5) is 8.28. The van der Waals surface area contributed by atoms with Crippen LogP contribution in [0.15, 0.2) is 18.2 Å². The van der Waals surface area contributed by atoms with Gasteiger partial charge in [-0.15, -0.1) is 0 Å². The molecule has 126 valence electrons. The normalized spacial score (nSPS) is 12.2. The van der Waals surface area contributed by atoms with Crippen molar-refractivity contribution < 1.29 is 26.3 Å². The maximum Gasteiger partial charge on any atom is 0.278 e. The predicted octanol–water partition coefficient (Wildman–Crippen LogP) is 0.373. The first-order valence-electron chi connectivity index (χ1n) is 6.19. The monoisotopic (exact) mass is 361 g/mol. The molecule has 1 heterocycles. The fourth-order valence-corrected chi connectivity index (χ4v) is 5.02. The van der Waals surface area contributed by atoms with Crippen molar-refractivity contribution in [2.45, 2.75) is 0 Å². The summed E-state index contributed by atoms with van der Waals surface area (Å²) in [6, 6.07) is 4.35. The third-order valence-corrected chi connectivity index (χ3v) is 6.02. The van der Waals surface area contributed by atoms with Gasteiger partial charge in [0.2, 0.25) is 20.0 Å². The maximum absolute atomic E-state index is 11.9. The molecule has 0 aliphatic carbocycles. The summed E-state index contributed by atoms with van der Waals surface area (Å²) in [5, 5.41) is 0. The van der Waals surface area contributed by atoms with Gasteiger partial charge >= 0.3 is 0 Å². The Hall–Kier alpha value is -2.14. The van der Waals surface area contributed by atoms with Crippen LogP contribution >= 0.6 is 0 Å². The van der Waals surface area contributed by atoms with Crippen LogP contribution in [0.2, 0.25) is 0 Å². The number of methoxy groups -OCH3 is 2. The SMILES string of the molecule is COc1nc2cccc(N(S(C)(=O)=O)S(C)(=O)=O)c2nc1OC. The predicted molar refractivity (Wildman–Crippen MR) is 84.8 cm³/mol. The molecule has 1 aromatic carbocycles. The average molecular weight is 361 g/mol. The lowest BCUT2D eigenvalue weighted by Crippen LogP contribution is -2.35. The Morgan fingerprint density at radius 1 is 0.913 bits per heavy atom. The number of aromatic nitrogens is 2. The van der Waals surface area contributed by atoms with Gasteiger partial charge in [-0.3, -0.25) is 0 Å². The molecule has 0 saturated carbocycles. The van der Waals surface area contributed by atoms with Crippen molar-refractivity contribution in [2.75, 3.05) is 30.4 Å². The first-order chi connectivity index (χ1) is 10.6. The van der Waals surface area contributed by atoms with Crippen LogP contribution in [0, 0.1) is 0 Å². The molecule has 0 bridgehead atoms. The van der Waals surface area contributed by atoms with Gasteiger partial charge in [-0.25, -0.2) is 26.8 Å². The van der Waals surface area contributed by atoms with Crippen molar-refractivity contribution in [2.24, 2.45) is 0 Å². The third kappa shape index (κ3) is 3.29. The molecule has 0 atom stereocenters. The highest BCUT2D eigenvalue weighted by Gasteiger charge is 2.30. The molecule has 0 aliphatic heterocycles. The maximum atomic E-state index is 11.9. The molecule has 2 aromatic rings. The van der Waals surface area contributed by atoms with E-state index in [1.54, 1.807) is 6.07 Å². The molecule has 2 rings (SSSR count). The topological polar surface area (TPSA) is 116 Å². The van der Waals surface area contributed by atoms with Gasteiger partial charge in [0.15, 0.2) is 0 Å². The Labute approximate surface area is 134 Å². The van der Waals surface area contributed by atoms with Crippen molar-refractivity contribution in [3.05, 3.63) is 18.2 Å². The van der Waals surface area contributed by atoms with Gasteiger partial charge in [0.05, 0.1) is 37.9 Å². The number of anilines is 1. The molecule has 1 aromatic heterocycles. The number of benzene rings is 1. The third-order valence-electron chi connectivity index (χ3n) is 2.80. The van der Waals surface area contributed by atoms with Crippen molar-refractivity contribution in [1.29, 1.82) is 0 Å². The molecule has 23 heavy (non-hydrogen) atoms. The number of hydrogen-bond acceptors (Lipinski definition) is 8. The Balaban J connectivity index is 2.89. The van der Waals surface area contributed by atoms with Crippen molar-refractivity contribution in [3.63, 3.8) is 0 Å². The summed E-state index contributed by atoms with van der Waals surface area (Å²) in [5.41, 5.74) is 0.180. The Bertz CT molecular complexity index is 924. The number of ether oxygens (including phenoxy) is 2. The minimum Gasteiger partial charge on any atom is -0.477 e. The lowest BCUT2D eigenvalue weighted by atomic mass is 10.2. The van der Waals surface area contributed by atoms with E-state index in [1.165, 1.54) is 26.4 Å². The first-order valence-corrected chi connectivity index (χ1v) is 9.88. The van der Waals surface area contributed by atoms with E-state index in [2.05, 4.69) is 9.97 Å². The highest BCUT2D eigenvalue weighted by Crippen LogP contribution is 2.32. The van der Waals surface area contributed by atoms with E-state index >= 15 is 0 Å². The van der Waals surface area contributed by atoms with Crippen molar-refractivity contribution in [1.82, 2.24) is 9.97 Å². The number of hydrogen-bond donors (Lipinski definition) is 0. The fraction of sp³-hybridized carbons (Fsp3) is 0.333. The van der Waals surface area contributed by atoms with Gasteiger partial charge in [-0.05, 0) is 12.1 Å². The Morgan fingerprint density at radius 2 is 1.43 bits per heavy atom. The summed E-state index contributed by atoms with van der Waals surface area (Å²) in [6.07, 6.45) is 1.59. The zero-order valence-electron chi connectivity index (χ0n) is 12.8. The van der Waals surface area contributed by atoms with Crippen LogP contribution in [0.3, 0.4) is 0 Å². The van der Waals surface area contributed by atoms with Crippen molar-refractivity contribution >= 4 is 36.8 Å². The van der Waals surface area contributed by atoms with Crippen LogP contribution in [0.25, 0.3) is 11.0 Å². The summed E-state index contributed by atoms with van der Waals surface area (Å²) in [6.45, 7) is 0. The number of sulfonamides is 2. The van der Waals surface area contributed by atoms with Gasteiger partial charge < -0.3 is 9.47 Å². The van der Waals surface area contributed by atoms with E-state index in [4.69, 9.17) is 9.47 Å². The number of nitrogens with zero attached hydrogens (tertiary/aromatic N) is 3. The molecular weight excluding hydrogens is 346 g/mol. The standard InChI is InChI=1S/C12H15N3O6S2/c1-20-11-12(21-2)14-10-8(13-11)6-5-7-9(10)15(22(3,16)17)23(4,18)19/h5-7H,1-4H3.